The monoisotopic (exact) mass is 280 g/mol. The van der Waals surface area contributed by atoms with Crippen molar-refractivity contribution in [3.05, 3.63) is 39.7 Å². The lowest BCUT2D eigenvalue weighted by Crippen LogP contribution is -2.26. The number of amides is 1. The first-order chi connectivity index (χ1) is 8.97. The van der Waals surface area contributed by atoms with Crippen LogP contribution in [0.2, 0.25) is 0 Å². The Labute approximate surface area is 113 Å². The largest absolute Gasteiger partial charge is 0.475 e. The maximum Gasteiger partial charge on any atom is 0.371 e. The highest BCUT2D eigenvalue weighted by atomic mass is 32.1. The Hall–Kier alpha value is -2.15. The molecule has 2 aromatic heterocycles. The van der Waals surface area contributed by atoms with E-state index in [9.17, 15) is 9.59 Å². The highest BCUT2D eigenvalue weighted by Crippen LogP contribution is 2.19. The van der Waals surface area contributed by atoms with Gasteiger partial charge in [-0.1, -0.05) is 0 Å². The van der Waals surface area contributed by atoms with Gasteiger partial charge in [-0.05, 0) is 26.0 Å². The van der Waals surface area contributed by atoms with E-state index in [1.807, 2.05) is 6.92 Å². The minimum Gasteiger partial charge on any atom is -0.475 e. The predicted molar refractivity (Wildman–Crippen MR) is 68.4 cm³/mol. The summed E-state index contributed by atoms with van der Waals surface area (Å²) < 4.78 is 4.92. The van der Waals surface area contributed by atoms with Crippen molar-refractivity contribution in [1.29, 1.82) is 0 Å². The number of carboxylic acids is 1. The molecular formula is C12H12N2O4S. The van der Waals surface area contributed by atoms with Crippen molar-refractivity contribution in [2.75, 3.05) is 0 Å². The number of rotatable bonds is 4. The Kier molecular flexibility index (Phi) is 3.66. The lowest BCUT2D eigenvalue weighted by Gasteiger charge is -2.09. The molecule has 7 heteroatoms. The van der Waals surface area contributed by atoms with Crippen LogP contribution < -0.4 is 5.32 Å². The van der Waals surface area contributed by atoms with Crippen LogP contribution in [0.3, 0.4) is 0 Å². The zero-order chi connectivity index (χ0) is 14.0. The van der Waals surface area contributed by atoms with E-state index < -0.39 is 11.9 Å². The van der Waals surface area contributed by atoms with Crippen molar-refractivity contribution < 1.29 is 19.1 Å². The SMILES string of the molecule is Cc1cnc(C(C)NC(=O)c2ccc(C(=O)O)o2)s1. The molecule has 0 spiro atoms. The molecule has 0 radical (unpaired) electrons. The number of aryl methyl sites for hydroxylation is 1. The molecule has 2 heterocycles. The third kappa shape index (κ3) is 3.00. The second kappa shape index (κ2) is 5.23. The molecule has 0 saturated carbocycles. The summed E-state index contributed by atoms with van der Waals surface area (Å²) >= 11 is 1.49. The van der Waals surface area contributed by atoms with E-state index in [1.54, 1.807) is 13.1 Å². The number of furan rings is 1. The van der Waals surface area contributed by atoms with E-state index in [0.717, 1.165) is 9.88 Å². The quantitative estimate of drug-likeness (QED) is 0.896. The van der Waals surface area contributed by atoms with Crippen molar-refractivity contribution in [2.24, 2.45) is 0 Å². The fraction of sp³-hybridized carbons (Fsp3) is 0.250. The minimum atomic E-state index is -1.21. The number of thiazole rings is 1. The van der Waals surface area contributed by atoms with Gasteiger partial charge in [-0.15, -0.1) is 11.3 Å². The fourth-order valence-electron chi connectivity index (χ4n) is 1.48. The van der Waals surface area contributed by atoms with Crippen LogP contribution in [0.1, 0.15) is 44.0 Å². The fourth-order valence-corrected chi connectivity index (χ4v) is 2.25. The van der Waals surface area contributed by atoms with Crippen molar-refractivity contribution in [2.45, 2.75) is 19.9 Å². The van der Waals surface area contributed by atoms with Crippen molar-refractivity contribution in [1.82, 2.24) is 10.3 Å². The molecule has 6 nitrogen and oxygen atoms in total. The van der Waals surface area contributed by atoms with Crippen LogP contribution in [0.4, 0.5) is 0 Å². The summed E-state index contributed by atoms with van der Waals surface area (Å²) in [6.07, 6.45) is 1.73. The van der Waals surface area contributed by atoms with Gasteiger partial charge in [-0.25, -0.2) is 9.78 Å². The molecule has 1 unspecified atom stereocenters. The number of hydrogen-bond donors (Lipinski definition) is 2. The predicted octanol–water partition coefficient (Wildman–Crippen LogP) is 2.23. The molecule has 0 aliphatic carbocycles. The number of nitrogens with zero attached hydrogens (tertiary/aromatic N) is 1. The first kappa shape index (κ1) is 13.3. The van der Waals surface area contributed by atoms with Gasteiger partial charge < -0.3 is 14.8 Å². The third-order valence-corrected chi connectivity index (χ3v) is 3.49. The standard InChI is InChI=1S/C12H12N2O4S/c1-6-5-13-11(19-6)7(2)14-10(15)8-3-4-9(18-8)12(16)17/h3-5,7H,1-2H3,(H,14,15)(H,16,17). The number of nitrogens with one attached hydrogen (secondary N) is 1. The van der Waals surface area contributed by atoms with Gasteiger partial charge in [-0.2, -0.15) is 0 Å². The van der Waals surface area contributed by atoms with Crippen LogP contribution in [0.25, 0.3) is 0 Å². The molecule has 0 aliphatic heterocycles. The Morgan fingerprint density at radius 2 is 2.11 bits per heavy atom. The average molecular weight is 280 g/mol. The summed E-state index contributed by atoms with van der Waals surface area (Å²) in [7, 11) is 0. The lowest BCUT2D eigenvalue weighted by atomic mass is 10.3. The molecule has 0 saturated heterocycles. The molecule has 19 heavy (non-hydrogen) atoms. The smallest absolute Gasteiger partial charge is 0.371 e. The normalized spacial score (nSPS) is 12.1. The molecule has 0 aromatic carbocycles. The second-order valence-corrected chi connectivity index (χ2v) is 5.24. The summed E-state index contributed by atoms with van der Waals surface area (Å²) in [5.74, 6) is -1.96. The van der Waals surface area contributed by atoms with Gasteiger partial charge in [0.1, 0.15) is 5.01 Å². The van der Waals surface area contributed by atoms with Crippen LogP contribution in [0.5, 0.6) is 0 Å². The molecule has 2 rings (SSSR count). The zero-order valence-corrected chi connectivity index (χ0v) is 11.2. The zero-order valence-electron chi connectivity index (χ0n) is 10.3. The van der Waals surface area contributed by atoms with Crippen molar-refractivity contribution in [3.8, 4) is 0 Å². The van der Waals surface area contributed by atoms with Gasteiger partial charge in [0.05, 0.1) is 6.04 Å². The molecule has 0 aliphatic rings. The number of aromatic carboxylic acids is 1. The third-order valence-electron chi connectivity index (χ3n) is 2.40. The Morgan fingerprint density at radius 1 is 1.42 bits per heavy atom. The molecule has 1 atom stereocenters. The van der Waals surface area contributed by atoms with Gasteiger partial charge in [0.15, 0.2) is 5.76 Å². The number of aromatic nitrogens is 1. The molecular weight excluding hydrogens is 268 g/mol. The molecule has 100 valence electrons. The Morgan fingerprint density at radius 3 is 2.63 bits per heavy atom. The second-order valence-electron chi connectivity index (χ2n) is 3.97. The van der Waals surface area contributed by atoms with E-state index in [2.05, 4.69) is 10.3 Å². The number of hydrogen-bond acceptors (Lipinski definition) is 5. The van der Waals surface area contributed by atoms with Crippen LogP contribution in [-0.2, 0) is 0 Å². The Balaban J connectivity index is 2.06. The number of carbonyl (C=O) groups is 2. The molecule has 2 aromatic rings. The van der Waals surface area contributed by atoms with E-state index in [0.29, 0.717) is 0 Å². The van der Waals surface area contributed by atoms with Gasteiger partial charge in [-0.3, -0.25) is 4.79 Å². The first-order valence-corrected chi connectivity index (χ1v) is 6.35. The number of carboxylic acid groups (broad SMARTS) is 1. The minimum absolute atomic E-state index is 0.0301. The summed E-state index contributed by atoms with van der Waals surface area (Å²) in [5, 5.41) is 12.2. The maximum atomic E-state index is 11.9. The molecule has 1 amide bonds. The van der Waals surface area contributed by atoms with Crippen molar-refractivity contribution in [3.63, 3.8) is 0 Å². The molecule has 0 fully saturated rings. The summed E-state index contributed by atoms with van der Waals surface area (Å²) in [6, 6.07) is 2.32. The lowest BCUT2D eigenvalue weighted by molar-refractivity contribution is 0.0659. The van der Waals surface area contributed by atoms with Gasteiger partial charge in [0.25, 0.3) is 5.91 Å². The van der Waals surface area contributed by atoms with E-state index >= 15 is 0 Å². The highest BCUT2D eigenvalue weighted by molar-refractivity contribution is 7.11. The maximum absolute atomic E-state index is 11.9. The molecule has 0 bridgehead atoms. The van der Waals surface area contributed by atoms with E-state index in [-0.39, 0.29) is 17.6 Å². The van der Waals surface area contributed by atoms with E-state index in [1.165, 1.54) is 23.5 Å². The van der Waals surface area contributed by atoms with Crippen LogP contribution >= 0.6 is 11.3 Å². The van der Waals surface area contributed by atoms with Gasteiger partial charge in [0.2, 0.25) is 5.76 Å². The summed E-state index contributed by atoms with van der Waals surface area (Å²) in [5.41, 5.74) is 0. The van der Waals surface area contributed by atoms with Crippen LogP contribution in [0, 0.1) is 6.92 Å². The average Bonchev–Trinajstić information content (AvgIpc) is 2.96. The Bertz CT molecular complexity index is 617. The summed E-state index contributed by atoms with van der Waals surface area (Å²) in [4.78, 5) is 27.7. The number of carbonyl (C=O) groups excluding carboxylic acids is 1. The van der Waals surface area contributed by atoms with Gasteiger partial charge in [0, 0.05) is 11.1 Å². The first-order valence-electron chi connectivity index (χ1n) is 5.53. The highest BCUT2D eigenvalue weighted by Gasteiger charge is 2.18. The van der Waals surface area contributed by atoms with E-state index in [4.69, 9.17) is 9.52 Å². The van der Waals surface area contributed by atoms with Crippen LogP contribution in [0.15, 0.2) is 22.7 Å². The topological polar surface area (TPSA) is 92.4 Å². The molecule has 2 N–H and O–H groups in total. The van der Waals surface area contributed by atoms with Crippen LogP contribution in [-0.4, -0.2) is 22.0 Å². The van der Waals surface area contributed by atoms with Gasteiger partial charge >= 0.3 is 5.97 Å². The van der Waals surface area contributed by atoms with Crippen molar-refractivity contribution >= 4 is 23.2 Å². The summed E-state index contributed by atoms with van der Waals surface area (Å²) in [6.45, 7) is 3.73.